The van der Waals surface area contributed by atoms with Crippen LogP contribution in [-0.2, 0) is 0 Å². The molecule has 4 heteroatoms. The van der Waals surface area contributed by atoms with Crippen LogP contribution in [0.3, 0.4) is 0 Å². The van der Waals surface area contributed by atoms with Gasteiger partial charge in [-0.15, -0.1) is 12.4 Å². The highest BCUT2D eigenvalue weighted by molar-refractivity contribution is 9.10. The Morgan fingerprint density at radius 3 is 1.73 bits per heavy atom. The van der Waals surface area contributed by atoms with Gasteiger partial charge in [0.05, 0.1) is 0 Å². The molecule has 64 valence electrons. The van der Waals surface area contributed by atoms with Crippen molar-refractivity contribution in [1.29, 1.82) is 0 Å². The van der Waals surface area contributed by atoms with E-state index in [-0.39, 0.29) is 12.4 Å². The Hall–Kier alpha value is -0.0900. The van der Waals surface area contributed by atoms with Crippen molar-refractivity contribution in [2.75, 3.05) is 0 Å². The van der Waals surface area contributed by atoms with Gasteiger partial charge >= 0.3 is 0 Å². The zero-order valence-electron chi connectivity index (χ0n) is 6.25. The molecule has 0 aromatic heterocycles. The topological polar surface area (TPSA) is 52.0 Å². The Labute approximate surface area is 81.5 Å². The van der Waals surface area contributed by atoms with Crippen molar-refractivity contribution < 1.29 is 0 Å². The van der Waals surface area contributed by atoms with Crippen LogP contribution >= 0.6 is 28.3 Å². The number of hydrogen-bond donors (Lipinski definition) is 2. The molecule has 0 amide bonds. The first-order chi connectivity index (χ1) is 4.79. The standard InChI is InChI=1S/C7H7Br.ClH.H4N2/c1-6-2-4-7(8)5-3-6;;1-2/h2-5H,1H3;1H;1-2H2. The maximum Gasteiger partial charge on any atom is 0.0175 e. The molecule has 0 saturated heterocycles. The fourth-order valence-electron chi connectivity index (χ4n) is 0.533. The van der Waals surface area contributed by atoms with Gasteiger partial charge in [-0.25, -0.2) is 0 Å². The Bertz CT molecular complexity index is 155. The summed E-state index contributed by atoms with van der Waals surface area (Å²) in [6.07, 6.45) is 0. The summed E-state index contributed by atoms with van der Waals surface area (Å²) in [5.74, 6) is 8.00. The second-order valence-corrected chi connectivity index (χ2v) is 2.71. The number of hydrogen-bond acceptors (Lipinski definition) is 2. The van der Waals surface area contributed by atoms with E-state index in [1.807, 2.05) is 12.1 Å². The number of halogens is 2. The van der Waals surface area contributed by atoms with E-state index in [0.717, 1.165) is 4.47 Å². The number of rotatable bonds is 0. The van der Waals surface area contributed by atoms with Crippen molar-refractivity contribution in [2.45, 2.75) is 6.92 Å². The van der Waals surface area contributed by atoms with Gasteiger partial charge in [-0.1, -0.05) is 33.6 Å². The monoisotopic (exact) mass is 238 g/mol. The molecule has 11 heavy (non-hydrogen) atoms. The Kier molecular flexibility index (Phi) is 9.83. The summed E-state index contributed by atoms with van der Waals surface area (Å²) in [5, 5.41) is 0. The van der Waals surface area contributed by atoms with E-state index in [2.05, 4.69) is 46.7 Å². The van der Waals surface area contributed by atoms with Crippen LogP contribution < -0.4 is 11.7 Å². The predicted octanol–water partition coefficient (Wildman–Crippen LogP) is 2.00. The van der Waals surface area contributed by atoms with Gasteiger partial charge in [0.2, 0.25) is 0 Å². The third-order valence-electron chi connectivity index (χ3n) is 1.01. The fourth-order valence-corrected chi connectivity index (χ4v) is 0.798. The lowest BCUT2D eigenvalue weighted by atomic mass is 10.2. The van der Waals surface area contributed by atoms with Crippen molar-refractivity contribution in [3.05, 3.63) is 34.3 Å². The molecule has 0 spiro atoms. The molecule has 0 saturated carbocycles. The first kappa shape index (κ1) is 13.5. The summed E-state index contributed by atoms with van der Waals surface area (Å²) in [7, 11) is 0. The molecule has 0 radical (unpaired) electrons. The predicted molar refractivity (Wildman–Crippen MR) is 54.5 cm³/mol. The van der Waals surface area contributed by atoms with E-state index >= 15 is 0 Å². The molecule has 0 bridgehead atoms. The lowest BCUT2D eigenvalue weighted by molar-refractivity contribution is 1.26. The molecule has 0 aliphatic carbocycles. The van der Waals surface area contributed by atoms with Gasteiger partial charge in [-0.2, -0.15) is 0 Å². The largest absolute Gasteiger partial charge is 0.274 e. The number of hydrazine groups is 1. The second-order valence-electron chi connectivity index (χ2n) is 1.80. The maximum absolute atomic E-state index is 4.00. The first-order valence-electron chi connectivity index (χ1n) is 2.84. The Morgan fingerprint density at radius 1 is 1.09 bits per heavy atom. The molecule has 0 fully saturated rings. The van der Waals surface area contributed by atoms with Crippen LogP contribution in [-0.4, -0.2) is 0 Å². The number of benzene rings is 1. The fraction of sp³-hybridized carbons (Fsp3) is 0.143. The summed E-state index contributed by atoms with van der Waals surface area (Å²) < 4.78 is 1.14. The quantitative estimate of drug-likeness (QED) is 0.537. The molecule has 1 aromatic rings. The summed E-state index contributed by atoms with van der Waals surface area (Å²) in [4.78, 5) is 0. The van der Waals surface area contributed by atoms with Crippen LogP contribution in [0.4, 0.5) is 0 Å². The van der Waals surface area contributed by atoms with Crippen LogP contribution in [0.15, 0.2) is 28.7 Å². The van der Waals surface area contributed by atoms with E-state index in [0.29, 0.717) is 0 Å². The highest BCUT2D eigenvalue weighted by atomic mass is 79.9. The zero-order valence-corrected chi connectivity index (χ0v) is 8.65. The van der Waals surface area contributed by atoms with E-state index < -0.39 is 0 Å². The van der Waals surface area contributed by atoms with Crippen molar-refractivity contribution >= 4 is 28.3 Å². The summed E-state index contributed by atoms with van der Waals surface area (Å²) in [6.45, 7) is 2.08. The van der Waals surface area contributed by atoms with Gasteiger partial charge in [-0.3, -0.25) is 11.7 Å². The normalized spacial score (nSPS) is 7.27. The van der Waals surface area contributed by atoms with E-state index in [4.69, 9.17) is 0 Å². The minimum absolute atomic E-state index is 0. The van der Waals surface area contributed by atoms with Crippen LogP contribution in [0, 0.1) is 6.92 Å². The summed E-state index contributed by atoms with van der Waals surface area (Å²) in [5.41, 5.74) is 1.30. The van der Waals surface area contributed by atoms with E-state index in [1.165, 1.54) is 5.56 Å². The minimum Gasteiger partial charge on any atom is -0.274 e. The highest BCUT2D eigenvalue weighted by Gasteiger charge is 1.81. The molecule has 1 aromatic carbocycles. The van der Waals surface area contributed by atoms with Crippen molar-refractivity contribution in [2.24, 2.45) is 11.7 Å². The SMILES string of the molecule is Cc1ccc(Br)cc1.Cl.NN. The average molecular weight is 240 g/mol. The van der Waals surface area contributed by atoms with Crippen LogP contribution in [0.5, 0.6) is 0 Å². The molecule has 4 N–H and O–H groups in total. The molecule has 0 aliphatic rings. The van der Waals surface area contributed by atoms with E-state index in [1.54, 1.807) is 0 Å². The Balaban J connectivity index is 0. The van der Waals surface area contributed by atoms with Crippen molar-refractivity contribution in [3.8, 4) is 0 Å². The smallest absolute Gasteiger partial charge is 0.0175 e. The number of nitrogens with two attached hydrogens (primary N) is 2. The van der Waals surface area contributed by atoms with Gasteiger partial charge in [-0.05, 0) is 19.1 Å². The maximum atomic E-state index is 4.00. The van der Waals surface area contributed by atoms with Crippen LogP contribution in [0.1, 0.15) is 5.56 Å². The number of aryl methyl sites for hydroxylation is 1. The third kappa shape index (κ3) is 6.31. The lowest BCUT2D eigenvalue weighted by Gasteiger charge is -1.88. The summed E-state index contributed by atoms with van der Waals surface area (Å²) in [6, 6.07) is 8.22. The van der Waals surface area contributed by atoms with Gasteiger partial charge < -0.3 is 0 Å². The molecule has 2 nitrogen and oxygen atoms in total. The zero-order chi connectivity index (χ0) is 7.98. The molecule has 0 aliphatic heterocycles. The third-order valence-corrected chi connectivity index (χ3v) is 1.54. The molecule has 0 heterocycles. The molecule has 1 rings (SSSR count). The Morgan fingerprint density at radius 2 is 1.45 bits per heavy atom. The average Bonchev–Trinajstić information content (AvgIpc) is 2.00. The van der Waals surface area contributed by atoms with Crippen LogP contribution in [0.2, 0.25) is 0 Å². The molecule has 0 atom stereocenters. The lowest BCUT2D eigenvalue weighted by Crippen LogP contribution is -2.02. The van der Waals surface area contributed by atoms with Gasteiger partial charge in [0.25, 0.3) is 0 Å². The minimum atomic E-state index is 0. The molecular weight excluding hydrogens is 227 g/mol. The summed E-state index contributed by atoms with van der Waals surface area (Å²) >= 11 is 3.35. The first-order valence-corrected chi connectivity index (χ1v) is 3.64. The molecular formula is C7H12BrClN2. The molecule has 0 unspecified atom stereocenters. The van der Waals surface area contributed by atoms with Crippen LogP contribution in [0.25, 0.3) is 0 Å². The van der Waals surface area contributed by atoms with Crippen molar-refractivity contribution in [1.82, 2.24) is 0 Å². The van der Waals surface area contributed by atoms with Gasteiger partial charge in [0.15, 0.2) is 0 Å². The van der Waals surface area contributed by atoms with E-state index in [9.17, 15) is 0 Å². The van der Waals surface area contributed by atoms with Gasteiger partial charge in [0.1, 0.15) is 0 Å². The highest BCUT2D eigenvalue weighted by Crippen LogP contribution is 2.08. The second kappa shape index (κ2) is 8.01. The van der Waals surface area contributed by atoms with Gasteiger partial charge in [0, 0.05) is 4.47 Å². The van der Waals surface area contributed by atoms with Crippen molar-refractivity contribution in [3.63, 3.8) is 0 Å².